The van der Waals surface area contributed by atoms with Gasteiger partial charge < -0.3 is 29.1 Å². The van der Waals surface area contributed by atoms with E-state index in [4.69, 9.17) is 14.2 Å². The summed E-state index contributed by atoms with van der Waals surface area (Å²) in [4.78, 5) is 33.0. The molecule has 0 aromatic rings. The maximum Gasteiger partial charge on any atom is 0.317 e. The fourth-order valence-corrected chi connectivity index (χ4v) is 6.28. The second-order valence-corrected chi connectivity index (χ2v) is 12.2. The predicted octanol–water partition coefficient (Wildman–Crippen LogP) is 2.48. The third kappa shape index (κ3) is 13.9. The highest BCUT2D eigenvalue weighted by Gasteiger charge is 2.40. The van der Waals surface area contributed by atoms with Crippen molar-refractivity contribution in [1.29, 1.82) is 0 Å². The monoisotopic (exact) mass is 594 g/mol. The quantitative estimate of drug-likeness (QED) is 0.212. The number of carbonyl (C=O) groups excluding carboxylic acids is 1. The maximum absolute atomic E-state index is 12.8. The smallest absolute Gasteiger partial charge is 0.317 e. The molecule has 0 amide bonds. The van der Waals surface area contributed by atoms with E-state index < -0.39 is 5.97 Å². The van der Waals surface area contributed by atoms with Crippen LogP contribution in [-0.4, -0.2) is 155 Å². The van der Waals surface area contributed by atoms with Crippen LogP contribution < -0.4 is 0 Å². The summed E-state index contributed by atoms with van der Waals surface area (Å²) in [5.41, 5.74) is 0. The van der Waals surface area contributed by atoms with Crippen LogP contribution in [-0.2, 0) is 23.8 Å². The molecule has 3 atom stereocenters. The van der Waals surface area contributed by atoms with Gasteiger partial charge in [0.2, 0.25) is 0 Å². The molecule has 0 aromatic heterocycles. The Morgan fingerprint density at radius 2 is 1.38 bits per heavy atom. The van der Waals surface area contributed by atoms with Gasteiger partial charge in [0.1, 0.15) is 5.78 Å². The van der Waals surface area contributed by atoms with Gasteiger partial charge in [-0.15, -0.1) is 0 Å². The van der Waals surface area contributed by atoms with Gasteiger partial charge >= 0.3 is 5.97 Å². The molecule has 1 N–H and O–H groups in total. The van der Waals surface area contributed by atoms with E-state index in [-0.39, 0.29) is 12.3 Å². The van der Waals surface area contributed by atoms with E-state index in [2.05, 4.69) is 40.8 Å². The Balaban J connectivity index is 1.23. The Morgan fingerprint density at radius 1 is 0.786 bits per heavy atom. The largest absolute Gasteiger partial charge is 0.480 e. The first kappa shape index (κ1) is 35.1. The van der Waals surface area contributed by atoms with Crippen molar-refractivity contribution in [3.8, 4) is 0 Å². The van der Waals surface area contributed by atoms with E-state index in [0.29, 0.717) is 71.6 Å². The van der Waals surface area contributed by atoms with Gasteiger partial charge in [-0.3, -0.25) is 19.4 Å². The number of ether oxygens (including phenoxy) is 3. The molecule has 42 heavy (non-hydrogen) atoms. The normalized spacial score (nSPS) is 26.7. The minimum absolute atomic E-state index is 0.0345. The number of hydrogen-bond acceptors (Lipinski definition) is 9. The van der Waals surface area contributed by atoms with Crippen LogP contribution >= 0.6 is 0 Å². The predicted molar refractivity (Wildman–Crippen MR) is 165 cm³/mol. The third-order valence-corrected chi connectivity index (χ3v) is 9.10. The van der Waals surface area contributed by atoms with Crippen molar-refractivity contribution >= 4 is 11.8 Å². The summed E-state index contributed by atoms with van der Waals surface area (Å²) in [6, 6.07) is 0. The van der Waals surface area contributed by atoms with Crippen LogP contribution in [0.15, 0.2) is 12.2 Å². The summed E-state index contributed by atoms with van der Waals surface area (Å²) >= 11 is 0. The Labute approximate surface area is 254 Å². The molecule has 1 saturated carbocycles. The van der Waals surface area contributed by atoms with Gasteiger partial charge in [0.25, 0.3) is 0 Å². The summed E-state index contributed by atoms with van der Waals surface area (Å²) in [6.07, 6.45) is 12.4. The highest BCUT2D eigenvalue weighted by Crippen LogP contribution is 2.43. The number of fused-ring (bicyclic) bond motifs is 1. The summed E-state index contributed by atoms with van der Waals surface area (Å²) in [5.74, 6) is 0.984. The zero-order valence-corrected chi connectivity index (χ0v) is 26.4. The van der Waals surface area contributed by atoms with Crippen LogP contribution in [0.5, 0.6) is 0 Å². The zero-order valence-electron chi connectivity index (χ0n) is 26.4. The Morgan fingerprint density at radius 3 is 2.10 bits per heavy atom. The average molecular weight is 595 g/mol. The van der Waals surface area contributed by atoms with Gasteiger partial charge in [-0.25, -0.2) is 0 Å². The fraction of sp³-hybridized carbons (Fsp3) is 0.875. The van der Waals surface area contributed by atoms with Crippen LogP contribution in [0.3, 0.4) is 0 Å². The molecule has 10 heteroatoms. The molecular weight excluding hydrogens is 536 g/mol. The van der Waals surface area contributed by atoms with Gasteiger partial charge in [0.05, 0.1) is 45.6 Å². The highest BCUT2D eigenvalue weighted by molar-refractivity contribution is 5.80. The number of nitrogens with zero attached hydrogens (tertiary/aromatic N) is 4. The average Bonchev–Trinajstić information content (AvgIpc) is 2.94. The summed E-state index contributed by atoms with van der Waals surface area (Å²) < 4.78 is 17.5. The van der Waals surface area contributed by atoms with Crippen molar-refractivity contribution in [2.24, 2.45) is 11.8 Å². The van der Waals surface area contributed by atoms with Crippen LogP contribution in [0.4, 0.5) is 0 Å². The van der Waals surface area contributed by atoms with E-state index >= 15 is 0 Å². The molecule has 3 rings (SSSR count). The highest BCUT2D eigenvalue weighted by atomic mass is 16.5. The number of likely N-dealkylation sites (N-methyl/N-ethyl adjacent to an activating group) is 2. The fourth-order valence-electron chi connectivity index (χ4n) is 6.28. The summed E-state index contributed by atoms with van der Waals surface area (Å²) in [7, 11) is 2.13. The molecule has 0 radical (unpaired) electrons. The first-order valence-corrected chi connectivity index (χ1v) is 16.5. The van der Waals surface area contributed by atoms with E-state index in [1.165, 1.54) is 32.1 Å². The van der Waals surface area contributed by atoms with Crippen molar-refractivity contribution in [3.63, 3.8) is 0 Å². The van der Waals surface area contributed by atoms with Crippen molar-refractivity contribution < 1.29 is 28.9 Å². The first-order chi connectivity index (χ1) is 20.4. The third-order valence-electron chi connectivity index (χ3n) is 9.10. The molecule has 242 valence electrons. The van der Waals surface area contributed by atoms with Crippen LogP contribution in [0, 0.1) is 11.8 Å². The SMILES string of the molecule is CCN1CCN(C)CCN(CC(=O)CCCOCCOCCO[C@H]2C[C@@H]3CC/C=C/CC[C@@H]32)CCN(CC(=O)O)CC1. The lowest BCUT2D eigenvalue weighted by molar-refractivity contribution is -0.138. The van der Waals surface area contributed by atoms with Crippen molar-refractivity contribution in [3.05, 3.63) is 12.2 Å². The molecule has 0 bridgehead atoms. The van der Waals surface area contributed by atoms with E-state index in [0.717, 1.165) is 57.6 Å². The number of carboxylic acids is 1. The number of aliphatic carboxylic acids is 1. The number of ketones is 1. The Kier molecular flexibility index (Phi) is 17.2. The Bertz CT molecular complexity index is 799. The molecule has 1 aliphatic heterocycles. The zero-order chi connectivity index (χ0) is 30.0. The molecule has 3 aliphatic rings. The molecule has 10 nitrogen and oxygen atoms in total. The van der Waals surface area contributed by atoms with E-state index in [1.54, 1.807) is 0 Å². The molecule has 0 spiro atoms. The van der Waals surface area contributed by atoms with Gasteiger partial charge in [-0.2, -0.15) is 0 Å². The van der Waals surface area contributed by atoms with Crippen LogP contribution in [0.2, 0.25) is 0 Å². The molecule has 0 unspecified atom stereocenters. The lowest BCUT2D eigenvalue weighted by atomic mass is 9.66. The number of carbonyl (C=O) groups is 2. The molecular formula is C32H58N4O6. The Hall–Kier alpha value is -1.40. The molecule has 2 aliphatic carbocycles. The number of rotatable bonds is 16. The summed E-state index contributed by atoms with van der Waals surface area (Å²) in [5, 5.41) is 9.36. The minimum Gasteiger partial charge on any atom is -0.480 e. The second-order valence-electron chi connectivity index (χ2n) is 12.2. The number of carboxylic acid groups (broad SMARTS) is 1. The second kappa shape index (κ2) is 20.5. The lowest BCUT2D eigenvalue weighted by Gasteiger charge is -2.45. The molecule has 1 heterocycles. The van der Waals surface area contributed by atoms with Gasteiger partial charge in [-0.1, -0.05) is 19.1 Å². The van der Waals surface area contributed by atoms with Gasteiger partial charge in [0, 0.05) is 65.4 Å². The van der Waals surface area contributed by atoms with Crippen molar-refractivity contribution in [1.82, 2.24) is 19.6 Å². The molecule has 1 saturated heterocycles. The van der Waals surface area contributed by atoms with Crippen molar-refractivity contribution in [2.45, 2.75) is 58.0 Å². The topological polar surface area (TPSA) is 95.0 Å². The standard InChI is InChI=1S/C32H58N4O6/c1-3-34-14-12-33(2)13-15-35(18-19-36(17-16-34)27-32(38)39)26-29(37)10-8-20-40-21-22-41-23-24-42-31-25-28-9-6-4-5-7-11-30(28)31/h4-5,28,30-31H,3,6-27H2,1-2H3,(H,38,39)/b5-4+/t28-,30-,31-/m0/s1. The lowest BCUT2D eigenvalue weighted by Crippen LogP contribution is -2.47. The van der Waals surface area contributed by atoms with E-state index in [9.17, 15) is 14.7 Å². The molecule has 0 aromatic carbocycles. The summed E-state index contributed by atoms with van der Waals surface area (Å²) in [6.45, 7) is 12.9. The van der Waals surface area contributed by atoms with E-state index in [1.807, 2.05) is 4.90 Å². The minimum atomic E-state index is -0.805. The maximum atomic E-state index is 12.8. The van der Waals surface area contributed by atoms with Crippen molar-refractivity contribution in [2.75, 3.05) is 112 Å². The number of hydrogen-bond donors (Lipinski definition) is 1. The van der Waals surface area contributed by atoms with Gasteiger partial charge in [-0.05, 0) is 64.0 Å². The van der Waals surface area contributed by atoms with Crippen LogP contribution in [0.1, 0.15) is 51.9 Å². The van der Waals surface area contributed by atoms with Crippen LogP contribution in [0.25, 0.3) is 0 Å². The first-order valence-electron chi connectivity index (χ1n) is 16.5. The molecule has 2 fully saturated rings. The van der Waals surface area contributed by atoms with Gasteiger partial charge in [0.15, 0.2) is 0 Å². The number of allylic oxidation sites excluding steroid dienone is 2. The number of Topliss-reactive ketones (excluding diaryl/α,β-unsaturated/α-hetero) is 1.